The van der Waals surface area contributed by atoms with Gasteiger partial charge in [0.1, 0.15) is 5.69 Å². The van der Waals surface area contributed by atoms with Gasteiger partial charge >= 0.3 is 0 Å². The Labute approximate surface area is 134 Å². The molecule has 1 saturated heterocycles. The Morgan fingerprint density at radius 1 is 1.26 bits per heavy atom. The van der Waals surface area contributed by atoms with Gasteiger partial charge in [0.2, 0.25) is 0 Å². The van der Waals surface area contributed by atoms with Crippen LogP contribution >= 0.6 is 0 Å². The zero-order valence-electron chi connectivity index (χ0n) is 13.1. The van der Waals surface area contributed by atoms with Gasteiger partial charge in [0, 0.05) is 18.7 Å². The van der Waals surface area contributed by atoms with E-state index in [0.717, 1.165) is 6.42 Å². The molecule has 0 radical (unpaired) electrons. The van der Waals surface area contributed by atoms with E-state index in [0.29, 0.717) is 24.7 Å². The number of hydrogen-bond acceptors (Lipinski definition) is 4. The number of benzene rings is 1. The summed E-state index contributed by atoms with van der Waals surface area (Å²) in [6.45, 7) is 3.23. The predicted octanol–water partition coefficient (Wildman–Crippen LogP) is 1.04. The van der Waals surface area contributed by atoms with E-state index in [1.165, 1.54) is 16.8 Å². The minimum Gasteiger partial charge on any atom is -0.334 e. The van der Waals surface area contributed by atoms with Crippen molar-refractivity contribution in [2.24, 2.45) is 11.7 Å². The summed E-state index contributed by atoms with van der Waals surface area (Å²) in [6.07, 6.45) is 0.903. The quantitative estimate of drug-likeness (QED) is 0.918. The maximum atomic E-state index is 12.7. The molecule has 0 spiro atoms. The molecule has 1 aromatic carbocycles. The summed E-state index contributed by atoms with van der Waals surface area (Å²) >= 11 is 0. The van der Waals surface area contributed by atoms with Crippen LogP contribution in [0.25, 0.3) is 5.69 Å². The molecule has 1 amide bonds. The third-order valence-electron chi connectivity index (χ3n) is 4.28. The Balaban J connectivity index is 1.92. The monoisotopic (exact) mass is 312 g/mol. The second-order valence-electron chi connectivity index (χ2n) is 5.95. The molecular weight excluding hydrogens is 292 g/mol. The van der Waals surface area contributed by atoms with Crippen molar-refractivity contribution in [2.75, 3.05) is 13.1 Å². The molecule has 2 aromatic rings. The van der Waals surface area contributed by atoms with Gasteiger partial charge in [0.25, 0.3) is 11.5 Å². The Morgan fingerprint density at radius 2 is 2.00 bits per heavy atom. The summed E-state index contributed by atoms with van der Waals surface area (Å²) in [5, 5.41) is 4.25. The highest BCUT2D eigenvalue weighted by molar-refractivity contribution is 5.92. The molecular formula is C17H20N4O2. The van der Waals surface area contributed by atoms with Crippen molar-refractivity contribution in [1.82, 2.24) is 14.7 Å². The van der Waals surface area contributed by atoms with Gasteiger partial charge in [-0.1, -0.05) is 18.2 Å². The molecule has 0 aliphatic carbocycles. The molecule has 1 aliphatic rings. The first-order valence-electron chi connectivity index (χ1n) is 7.77. The summed E-state index contributed by atoms with van der Waals surface area (Å²) in [6, 6.07) is 12.1. The lowest BCUT2D eigenvalue weighted by atomic mass is 10.1. The van der Waals surface area contributed by atoms with E-state index in [9.17, 15) is 9.59 Å². The number of aromatic nitrogens is 2. The van der Waals surface area contributed by atoms with E-state index in [-0.39, 0.29) is 23.2 Å². The summed E-state index contributed by atoms with van der Waals surface area (Å²) in [7, 11) is 0. The Morgan fingerprint density at radius 3 is 2.65 bits per heavy atom. The van der Waals surface area contributed by atoms with Crippen molar-refractivity contribution >= 4 is 5.91 Å². The number of amides is 1. The zero-order valence-corrected chi connectivity index (χ0v) is 13.1. The molecule has 1 aromatic heterocycles. The molecule has 2 atom stereocenters. The number of carbonyl (C=O) groups excluding carboxylic acids is 1. The minimum absolute atomic E-state index is 0.134. The van der Waals surface area contributed by atoms with Crippen molar-refractivity contribution in [1.29, 1.82) is 0 Å². The van der Waals surface area contributed by atoms with Gasteiger partial charge in [-0.25, -0.2) is 0 Å². The first-order valence-corrected chi connectivity index (χ1v) is 7.77. The van der Waals surface area contributed by atoms with E-state index >= 15 is 0 Å². The van der Waals surface area contributed by atoms with Crippen molar-refractivity contribution in [3.8, 4) is 5.69 Å². The highest BCUT2D eigenvalue weighted by Gasteiger charge is 2.32. The predicted molar refractivity (Wildman–Crippen MR) is 87.5 cm³/mol. The molecule has 2 heterocycles. The molecule has 23 heavy (non-hydrogen) atoms. The number of para-hydroxylation sites is 1. The van der Waals surface area contributed by atoms with Crippen LogP contribution in [0.15, 0.2) is 47.3 Å². The third kappa shape index (κ3) is 3.03. The number of carbonyl (C=O) groups is 1. The molecule has 2 N–H and O–H groups in total. The highest BCUT2D eigenvalue weighted by Crippen LogP contribution is 2.23. The lowest BCUT2D eigenvalue weighted by Crippen LogP contribution is -2.36. The maximum Gasteiger partial charge on any atom is 0.274 e. The molecule has 3 rings (SSSR count). The van der Waals surface area contributed by atoms with Crippen molar-refractivity contribution in [2.45, 2.75) is 19.4 Å². The fourth-order valence-corrected chi connectivity index (χ4v) is 3.02. The van der Waals surface area contributed by atoms with E-state index in [2.05, 4.69) is 5.10 Å². The largest absolute Gasteiger partial charge is 0.334 e. The fourth-order valence-electron chi connectivity index (χ4n) is 3.02. The minimum atomic E-state index is -0.262. The average molecular weight is 312 g/mol. The number of likely N-dealkylation sites (tertiary alicyclic amines) is 1. The van der Waals surface area contributed by atoms with Gasteiger partial charge in [-0.05, 0) is 44.0 Å². The van der Waals surface area contributed by atoms with Crippen molar-refractivity contribution in [3.63, 3.8) is 0 Å². The molecule has 120 valence electrons. The van der Waals surface area contributed by atoms with Crippen LogP contribution in [-0.2, 0) is 0 Å². The van der Waals surface area contributed by atoms with Crippen LogP contribution < -0.4 is 11.3 Å². The fraction of sp³-hybridized carbons (Fsp3) is 0.353. The number of nitrogens with two attached hydrogens (primary N) is 1. The first kappa shape index (κ1) is 15.4. The van der Waals surface area contributed by atoms with Gasteiger partial charge in [-0.2, -0.15) is 9.78 Å². The number of rotatable bonds is 3. The maximum absolute atomic E-state index is 12.7. The summed E-state index contributed by atoms with van der Waals surface area (Å²) in [5.74, 6) is 0.173. The van der Waals surface area contributed by atoms with E-state index in [4.69, 9.17) is 5.73 Å². The van der Waals surface area contributed by atoms with E-state index < -0.39 is 0 Å². The Hall–Kier alpha value is -2.47. The summed E-state index contributed by atoms with van der Waals surface area (Å²) in [4.78, 5) is 26.5. The molecule has 1 aliphatic heterocycles. The van der Waals surface area contributed by atoms with Crippen LogP contribution in [0.3, 0.4) is 0 Å². The van der Waals surface area contributed by atoms with Crippen molar-refractivity contribution < 1.29 is 4.79 Å². The third-order valence-corrected chi connectivity index (χ3v) is 4.28. The first-order chi connectivity index (χ1) is 11.1. The van der Waals surface area contributed by atoms with Gasteiger partial charge in [-0.15, -0.1) is 0 Å². The highest BCUT2D eigenvalue weighted by atomic mass is 16.2. The second kappa shape index (κ2) is 6.34. The van der Waals surface area contributed by atoms with E-state index in [1.807, 2.05) is 25.1 Å². The smallest absolute Gasteiger partial charge is 0.274 e. The van der Waals surface area contributed by atoms with Gasteiger partial charge < -0.3 is 10.6 Å². The van der Waals surface area contributed by atoms with Gasteiger partial charge in [0.15, 0.2) is 0 Å². The molecule has 0 bridgehead atoms. The molecule has 2 unspecified atom stereocenters. The van der Waals surface area contributed by atoms with Crippen molar-refractivity contribution in [3.05, 3.63) is 58.5 Å². The Bertz CT molecular complexity index is 757. The lowest BCUT2D eigenvalue weighted by molar-refractivity contribution is 0.0735. The van der Waals surface area contributed by atoms with Crippen LogP contribution in [0.1, 0.15) is 23.8 Å². The number of nitrogens with zero attached hydrogens (tertiary/aromatic N) is 3. The average Bonchev–Trinajstić information content (AvgIpc) is 2.96. The normalized spacial score (nSPS) is 20.7. The second-order valence-corrected chi connectivity index (χ2v) is 5.95. The summed E-state index contributed by atoms with van der Waals surface area (Å²) < 4.78 is 1.26. The van der Waals surface area contributed by atoms with Crippen LogP contribution in [0.4, 0.5) is 0 Å². The molecule has 6 nitrogen and oxygen atoms in total. The zero-order chi connectivity index (χ0) is 16.4. The number of hydrogen-bond donors (Lipinski definition) is 1. The van der Waals surface area contributed by atoms with Crippen LogP contribution in [-0.4, -0.2) is 39.7 Å². The topological polar surface area (TPSA) is 81.2 Å². The Kier molecular flexibility index (Phi) is 4.25. The molecule has 0 saturated carbocycles. The van der Waals surface area contributed by atoms with Crippen LogP contribution in [0.2, 0.25) is 0 Å². The van der Waals surface area contributed by atoms with Gasteiger partial charge in [0.05, 0.1) is 5.69 Å². The standard InChI is InChI=1S/C17H20N4O2/c1-12-9-13(10-18)11-20(12)17(23)15-7-8-16(22)21(19-15)14-5-3-2-4-6-14/h2-8,12-13H,9-11,18H2,1H3. The molecule has 1 fully saturated rings. The van der Waals surface area contributed by atoms with Gasteiger partial charge in [-0.3, -0.25) is 9.59 Å². The molecule has 6 heteroatoms. The van der Waals surface area contributed by atoms with Crippen LogP contribution in [0.5, 0.6) is 0 Å². The SMILES string of the molecule is CC1CC(CN)CN1C(=O)c1ccc(=O)n(-c2ccccc2)n1. The summed E-state index contributed by atoms with van der Waals surface area (Å²) in [5.41, 5.74) is 6.37. The van der Waals surface area contributed by atoms with Crippen LogP contribution in [0, 0.1) is 5.92 Å². The van der Waals surface area contributed by atoms with E-state index in [1.54, 1.807) is 17.0 Å². The lowest BCUT2D eigenvalue weighted by Gasteiger charge is -2.21.